The molecule has 1 aliphatic rings. The molecule has 1 aliphatic heterocycles. The molecule has 2 heterocycles. The second-order valence-corrected chi connectivity index (χ2v) is 8.86. The van der Waals surface area contributed by atoms with Gasteiger partial charge in [-0.3, -0.25) is 4.79 Å². The molecule has 112 valence electrons. The fourth-order valence-corrected chi connectivity index (χ4v) is 5.35. The molecule has 1 fully saturated rings. The molecule has 0 radical (unpaired) electrons. The molecule has 0 N–H and O–H groups in total. The Labute approximate surface area is 124 Å². The highest BCUT2D eigenvalue weighted by molar-refractivity contribution is 7.92. The molecule has 0 bridgehead atoms. The summed E-state index contributed by atoms with van der Waals surface area (Å²) in [6.07, 6.45) is 1.43. The summed E-state index contributed by atoms with van der Waals surface area (Å²) in [5.41, 5.74) is 0.664. The van der Waals surface area contributed by atoms with Crippen molar-refractivity contribution in [3.8, 4) is 0 Å². The Kier molecular flexibility index (Phi) is 4.86. The van der Waals surface area contributed by atoms with E-state index < -0.39 is 15.1 Å². The highest BCUT2D eigenvalue weighted by Crippen LogP contribution is 2.21. The molecule has 4 nitrogen and oxygen atoms in total. The van der Waals surface area contributed by atoms with Crippen LogP contribution in [0.3, 0.4) is 0 Å². The minimum atomic E-state index is -3.11. The lowest BCUT2D eigenvalue weighted by atomic mass is 10.1. The van der Waals surface area contributed by atoms with Crippen LogP contribution in [0.2, 0.25) is 0 Å². The predicted octanol–water partition coefficient (Wildman–Crippen LogP) is 2.42. The Bertz CT molecular complexity index is 549. The molecule has 0 aromatic carbocycles. The molecule has 1 saturated heterocycles. The minimum absolute atomic E-state index is 0.0457. The van der Waals surface area contributed by atoms with Crippen LogP contribution in [-0.4, -0.2) is 43.3 Å². The van der Waals surface area contributed by atoms with Crippen LogP contribution in [0.1, 0.15) is 37.0 Å². The third-order valence-corrected chi connectivity index (χ3v) is 6.72. The van der Waals surface area contributed by atoms with Crippen molar-refractivity contribution in [1.82, 2.24) is 4.90 Å². The van der Waals surface area contributed by atoms with Crippen LogP contribution in [0.4, 0.5) is 0 Å². The summed E-state index contributed by atoms with van der Waals surface area (Å²) in [6.45, 7) is 4.81. The maximum absolute atomic E-state index is 12.3. The zero-order chi connectivity index (χ0) is 14.8. The Morgan fingerprint density at radius 3 is 2.85 bits per heavy atom. The number of hydrogen-bond donors (Lipinski definition) is 0. The van der Waals surface area contributed by atoms with Gasteiger partial charge in [0.05, 0.1) is 16.6 Å². The van der Waals surface area contributed by atoms with E-state index in [0.29, 0.717) is 25.1 Å². The number of likely N-dealkylation sites (tertiary alicyclic amines) is 1. The quantitative estimate of drug-likeness (QED) is 0.857. The monoisotopic (exact) mass is 315 g/mol. The SMILES string of the molecule is CC(C)CS(=O)(=O)C1CCCN(C(=O)c2ccsc2)C1. The number of carbonyl (C=O) groups is 1. The molecule has 1 aromatic rings. The van der Waals surface area contributed by atoms with E-state index in [1.54, 1.807) is 11.0 Å². The fourth-order valence-electron chi connectivity index (χ4n) is 2.59. The highest BCUT2D eigenvalue weighted by Gasteiger charge is 2.33. The Hall–Kier alpha value is -0.880. The first-order chi connectivity index (χ1) is 9.40. The summed E-state index contributed by atoms with van der Waals surface area (Å²) >= 11 is 1.48. The first kappa shape index (κ1) is 15.5. The van der Waals surface area contributed by atoms with Crippen molar-refractivity contribution in [3.05, 3.63) is 22.4 Å². The molecule has 6 heteroatoms. The van der Waals surface area contributed by atoms with E-state index in [4.69, 9.17) is 0 Å². The van der Waals surface area contributed by atoms with E-state index in [1.165, 1.54) is 11.3 Å². The number of thiophene rings is 1. The molecular formula is C14H21NO3S2. The van der Waals surface area contributed by atoms with Gasteiger partial charge in [-0.05, 0) is 30.2 Å². The number of carbonyl (C=O) groups excluding carboxylic acids is 1. The minimum Gasteiger partial charge on any atom is -0.337 e. The van der Waals surface area contributed by atoms with Crippen LogP contribution in [0.25, 0.3) is 0 Å². The van der Waals surface area contributed by atoms with Crippen LogP contribution in [0, 0.1) is 5.92 Å². The summed E-state index contributed by atoms with van der Waals surface area (Å²) in [6, 6.07) is 1.79. The van der Waals surface area contributed by atoms with Crippen LogP contribution in [0.15, 0.2) is 16.8 Å². The summed E-state index contributed by atoms with van der Waals surface area (Å²) in [4.78, 5) is 14.0. The second-order valence-electron chi connectivity index (χ2n) is 5.75. The number of hydrogen-bond acceptors (Lipinski definition) is 4. The third kappa shape index (κ3) is 3.61. The van der Waals surface area contributed by atoms with Crippen molar-refractivity contribution in [1.29, 1.82) is 0 Å². The number of sulfone groups is 1. The van der Waals surface area contributed by atoms with Crippen molar-refractivity contribution < 1.29 is 13.2 Å². The zero-order valence-corrected chi connectivity index (χ0v) is 13.5. The van der Waals surface area contributed by atoms with E-state index >= 15 is 0 Å². The largest absolute Gasteiger partial charge is 0.337 e. The van der Waals surface area contributed by atoms with Gasteiger partial charge in [0.15, 0.2) is 9.84 Å². The van der Waals surface area contributed by atoms with Gasteiger partial charge in [-0.15, -0.1) is 0 Å². The van der Waals surface area contributed by atoms with Crippen molar-refractivity contribution in [2.75, 3.05) is 18.8 Å². The normalized spacial score (nSPS) is 20.4. The van der Waals surface area contributed by atoms with E-state index in [1.807, 2.05) is 24.6 Å². The molecule has 1 amide bonds. The topological polar surface area (TPSA) is 54.5 Å². The molecule has 2 rings (SSSR count). The van der Waals surface area contributed by atoms with Crippen molar-refractivity contribution in [3.63, 3.8) is 0 Å². The van der Waals surface area contributed by atoms with Crippen LogP contribution < -0.4 is 0 Å². The van der Waals surface area contributed by atoms with Gasteiger partial charge in [0.2, 0.25) is 0 Å². The van der Waals surface area contributed by atoms with E-state index in [-0.39, 0.29) is 17.6 Å². The van der Waals surface area contributed by atoms with Gasteiger partial charge in [0.1, 0.15) is 0 Å². The molecule has 20 heavy (non-hydrogen) atoms. The second kappa shape index (κ2) is 6.26. The van der Waals surface area contributed by atoms with Crippen LogP contribution in [0.5, 0.6) is 0 Å². The molecule has 0 aliphatic carbocycles. The summed E-state index contributed by atoms with van der Waals surface area (Å²) in [5.74, 6) is 0.289. The maximum Gasteiger partial charge on any atom is 0.254 e. The lowest BCUT2D eigenvalue weighted by Gasteiger charge is -2.32. The average molecular weight is 315 g/mol. The summed E-state index contributed by atoms with van der Waals surface area (Å²) < 4.78 is 24.6. The van der Waals surface area contributed by atoms with Crippen LogP contribution >= 0.6 is 11.3 Å². The zero-order valence-electron chi connectivity index (χ0n) is 11.9. The molecule has 0 saturated carbocycles. The number of piperidine rings is 1. The van der Waals surface area contributed by atoms with Gasteiger partial charge in [0.25, 0.3) is 5.91 Å². The Balaban J connectivity index is 2.07. The Morgan fingerprint density at radius 1 is 1.50 bits per heavy atom. The lowest BCUT2D eigenvalue weighted by molar-refractivity contribution is 0.0727. The number of amides is 1. The van der Waals surface area contributed by atoms with Gasteiger partial charge in [-0.2, -0.15) is 11.3 Å². The van der Waals surface area contributed by atoms with E-state index in [0.717, 1.165) is 6.42 Å². The standard InChI is InChI=1S/C14H21NO3S2/c1-11(2)10-20(17,18)13-4-3-6-15(8-13)14(16)12-5-7-19-9-12/h5,7,9,11,13H,3-4,6,8,10H2,1-2H3. The van der Waals surface area contributed by atoms with Gasteiger partial charge in [-0.1, -0.05) is 13.8 Å². The Morgan fingerprint density at radius 2 is 2.25 bits per heavy atom. The summed E-state index contributed by atoms with van der Waals surface area (Å²) in [7, 11) is -3.11. The highest BCUT2D eigenvalue weighted by atomic mass is 32.2. The molecule has 1 unspecified atom stereocenters. The first-order valence-corrected chi connectivity index (χ1v) is 9.59. The number of rotatable bonds is 4. The van der Waals surface area contributed by atoms with Crippen molar-refractivity contribution in [2.45, 2.75) is 31.9 Å². The lowest BCUT2D eigenvalue weighted by Crippen LogP contribution is -2.46. The molecular weight excluding hydrogens is 294 g/mol. The van der Waals surface area contributed by atoms with Crippen LogP contribution in [-0.2, 0) is 9.84 Å². The van der Waals surface area contributed by atoms with Crippen molar-refractivity contribution >= 4 is 27.1 Å². The van der Waals surface area contributed by atoms with Gasteiger partial charge < -0.3 is 4.90 Å². The molecule has 0 spiro atoms. The number of nitrogens with zero attached hydrogens (tertiary/aromatic N) is 1. The van der Waals surface area contributed by atoms with Gasteiger partial charge in [-0.25, -0.2) is 8.42 Å². The first-order valence-electron chi connectivity index (χ1n) is 6.93. The average Bonchev–Trinajstić information content (AvgIpc) is 2.90. The molecule has 1 aromatic heterocycles. The summed E-state index contributed by atoms with van der Waals surface area (Å²) in [5, 5.41) is 3.28. The van der Waals surface area contributed by atoms with E-state index in [9.17, 15) is 13.2 Å². The third-order valence-electron chi connectivity index (χ3n) is 3.51. The predicted molar refractivity (Wildman–Crippen MR) is 81.9 cm³/mol. The van der Waals surface area contributed by atoms with Gasteiger partial charge in [0, 0.05) is 18.5 Å². The fraction of sp³-hybridized carbons (Fsp3) is 0.643. The van der Waals surface area contributed by atoms with Gasteiger partial charge >= 0.3 is 0 Å². The maximum atomic E-state index is 12.3. The molecule has 1 atom stereocenters. The smallest absolute Gasteiger partial charge is 0.254 e. The van der Waals surface area contributed by atoms with E-state index in [2.05, 4.69) is 0 Å². The van der Waals surface area contributed by atoms with Crippen molar-refractivity contribution in [2.24, 2.45) is 5.92 Å².